The van der Waals surface area contributed by atoms with E-state index < -0.39 is 12.1 Å². The normalized spacial score (nSPS) is 19.7. The molecule has 1 N–H and O–H groups in total. The highest BCUT2D eigenvalue weighted by Crippen LogP contribution is 2.35. The molecule has 2 aliphatic heterocycles. The molecule has 0 aromatic heterocycles. The monoisotopic (exact) mass is 466 g/mol. The van der Waals surface area contributed by atoms with Crippen LogP contribution in [0, 0.1) is 0 Å². The standard InChI is InChI=1S/C21H26N2O6S2/c1-14(20(25)26)29-16-5-4-15(12-17(16)27-2)13-18-19(24)23(21(30)31-18)7-3-6-22-8-10-28-11-9-22/h4-5,12-14H,3,6-11H2,1-2H3,(H,25,26)/b18-13+. The fraction of sp³-hybridized carbons (Fsp3) is 0.476. The number of methoxy groups -OCH3 is 1. The van der Waals surface area contributed by atoms with E-state index in [-0.39, 0.29) is 5.91 Å². The van der Waals surface area contributed by atoms with E-state index in [4.69, 9.17) is 31.5 Å². The number of ether oxygens (including phenoxy) is 3. The highest BCUT2D eigenvalue weighted by Gasteiger charge is 2.31. The van der Waals surface area contributed by atoms with Crippen LogP contribution in [0.25, 0.3) is 6.08 Å². The highest BCUT2D eigenvalue weighted by molar-refractivity contribution is 8.26. The Hall–Kier alpha value is -2.14. The van der Waals surface area contributed by atoms with Crippen molar-refractivity contribution in [3.8, 4) is 11.5 Å². The molecule has 1 atom stereocenters. The SMILES string of the molecule is COc1cc(/C=C2/SC(=S)N(CCCN3CCOCC3)C2=O)ccc1OC(C)C(=O)O. The van der Waals surface area contributed by atoms with Crippen LogP contribution in [0.2, 0.25) is 0 Å². The Morgan fingerprint density at radius 2 is 2.06 bits per heavy atom. The molecule has 2 fully saturated rings. The summed E-state index contributed by atoms with van der Waals surface area (Å²) < 4.78 is 16.6. The maximum absolute atomic E-state index is 12.8. The minimum Gasteiger partial charge on any atom is -0.493 e. The quantitative estimate of drug-likeness (QED) is 0.435. The van der Waals surface area contributed by atoms with Crippen LogP contribution in [0.3, 0.4) is 0 Å². The van der Waals surface area contributed by atoms with Gasteiger partial charge in [0.05, 0.1) is 25.2 Å². The third-order valence-corrected chi connectivity index (χ3v) is 6.35. The van der Waals surface area contributed by atoms with Gasteiger partial charge < -0.3 is 19.3 Å². The summed E-state index contributed by atoms with van der Waals surface area (Å²) >= 11 is 6.70. The zero-order valence-corrected chi connectivity index (χ0v) is 19.2. The van der Waals surface area contributed by atoms with E-state index in [1.807, 2.05) is 0 Å². The van der Waals surface area contributed by atoms with Crippen molar-refractivity contribution in [2.75, 3.05) is 46.5 Å². The van der Waals surface area contributed by atoms with Gasteiger partial charge in [-0.25, -0.2) is 4.79 Å². The molecule has 8 nitrogen and oxygen atoms in total. The van der Waals surface area contributed by atoms with E-state index in [0.29, 0.717) is 27.3 Å². The molecule has 1 amide bonds. The average Bonchev–Trinajstić information content (AvgIpc) is 3.02. The van der Waals surface area contributed by atoms with Crippen LogP contribution >= 0.6 is 24.0 Å². The molecule has 2 saturated heterocycles. The summed E-state index contributed by atoms with van der Waals surface area (Å²) in [5, 5.41) is 9.03. The predicted octanol–water partition coefficient (Wildman–Crippen LogP) is 2.47. The van der Waals surface area contributed by atoms with Gasteiger partial charge >= 0.3 is 5.97 Å². The van der Waals surface area contributed by atoms with Crippen molar-refractivity contribution >= 4 is 46.3 Å². The second-order valence-corrected chi connectivity index (χ2v) is 8.83. The number of carbonyl (C=O) groups excluding carboxylic acids is 1. The summed E-state index contributed by atoms with van der Waals surface area (Å²) in [6.45, 7) is 6.30. The number of benzene rings is 1. The van der Waals surface area contributed by atoms with Crippen LogP contribution in [0.1, 0.15) is 18.9 Å². The van der Waals surface area contributed by atoms with Gasteiger partial charge in [0.1, 0.15) is 4.32 Å². The van der Waals surface area contributed by atoms with Gasteiger partial charge in [0.15, 0.2) is 17.6 Å². The molecule has 0 aliphatic carbocycles. The van der Waals surface area contributed by atoms with Gasteiger partial charge in [-0.05, 0) is 37.1 Å². The Morgan fingerprint density at radius 1 is 1.32 bits per heavy atom. The maximum atomic E-state index is 12.8. The first-order valence-corrected chi connectivity index (χ1v) is 11.2. The summed E-state index contributed by atoms with van der Waals surface area (Å²) in [6.07, 6.45) is 1.60. The Morgan fingerprint density at radius 3 is 2.74 bits per heavy atom. The van der Waals surface area contributed by atoms with Gasteiger partial charge in [-0.1, -0.05) is 30.0 Å². The summed E-state index contributed by atoms with van der Waals surface area (Å²) in [7, 11) is 1.48. The summed E-state index contributed by atoms with van der Waals surface area (Å²) in [5.41, 5.74) is 0.737. The Bertz CT molecular complexity index is 869. The third-order valence-electron chi connectivity index (χ3n) is 4.97. The minimum absolute atomic E-state index is 0.101. The first-order chi connectivity index (χ1) is 14.9. The largest absolute Gasteiger partial charge is 0.493 e. The van der Waals surface area contributed by atoms with Gasteiger partial charge in [-0.3, -0.25) is 14.6 Å². The topological polar surface area (TPSA) is 88.5 Å². The second-order valence-electron chi connectivity index (χ2n) is 7.15. The molecule has 1 unspecified atom stereocenters. The van der Waals surface area contributed by atoms with Gasteiger partial charge in [-0.15, -0.1) is 0 Å². The molecule has 0 spiro atoms. The number of amides is 1. The minimum atomic E-state index is -1.07. The number of rotatable bonds is 9. The number of carboxylic acids is 1. The Labute approximate surface area is 191 Å². The van der Waals surface area contributed by atoms with Gasteiger partial charge in [0.25, 0.3) is 5.91 Å². The molecule has 31 heavy (non-hydrogen) atoms. The van der Waals surface area contributed by atoms with E-state index in [1.165, 1.54) is 25.8 Å². The van der Waals surface area contributed by atoms with E-state index in [2.05, 4.69) is 4.90 Å². The number of hydrogen-bond acceptors (Lipinski definition) is 8. The van der Waals surface area contributed by atoms with E-state index in [1.54, 1.807) is 29.2 Å². The molecule has 2 aliphatic rings. The molecule has 10 heteroatoms. The summed E-state index contributed by atoms with van der Waals surface area (Å²) in [4.78, 5) is 28.4. The molecule has 0 saturated carbocycles. The van der Waals surface area contributed by atoms with Crippen molar-refractivity contribution in [1.82, 2.24) is 9.80 Å². The van der Waals surface area contributed by atoms with Crippen molar-refractivity contribution in [2.45, 2.75) is 19.4 Å². The lowest BCUT2D eigenvalue weighted by atomic mass is 10.1. The zero-order chi connectivity index (χ0) is 22.4. The van der Waals surface area contributed by atoms with Crippen LogP contribution in [-0.2, 0) is 14.3 Å². The fourth-order valence-corrected chi connectivity index (χ4v) is 4.54. The first kappa shape index (κ1) is 23.5. The number of thiocarbonyl (C=S) groups is 1. The Balaban J connectivity index is 1.63. The van der Waals surface area contributed by atoms with Gasteiger partial charge in [-0.2, -0.15) is 0 Å². The lowest BCUT2D eigenvalue weighted by Gasteiger charge is -2.27. The number of carbonyl (C=O) groups is 2. The highest BCUT2D eigenvalue weighted by atomic mass is 32.2. The van der Waals surface area contributed by atoms with Crippen LogP contribution in [0.5, 0.6) is 11.5 Å². The number of thioether (sulfide) groups is 1. The van der Waals surface area contributed by atoms with Crippen molar-refractivity contribution in [1.29, 1.82) is 0 Å². The molecule has 168 valence electrons. The molecule has 1 aromatic carbocycles. The smallest absolute Gasteiger partial charge is 0.344 e. The van der Waals surface area contributed by atoms with Crippen molar-refractivity contribution in [3.05, 3.63) is 28.7 Å². The number of hydrogen-bond donors (Lipinski definition) is 1. The number of nitrogens with zero attached hydrogens (tertiary/aromatic N) is 2. The third kappa shape index (κ3) is 6.19. The number of morpholine rings is 1. The summed E-state index contributed by atoms with van der Waals surface area (Å²) in [5.74, 6) is -0.452. The van der Waals surface area contributed by atoms with Gasteiger partial charge in [0.2, 0.25) is 0 Å². The maximum Gasteiger partial charge on any atom is 0.344 e. The van der Waals surface area contributed by atoms with Crippen molar-refractivity contribution in [2.24, 2.45) is 0 Å². The number of aliphatic carboxylic acids is 1. The molecule has 1 aromatic rings. The van der Waals surface area contributed by atoms with Crippen LogP contribution in [-0.4, -0.2) is 83.7 Å². The summed E-state index contributed by atoms with van der Waals surface area (Å²) in [6, 6.07) is 5.08. The molecule has 0 radical (unpaired) electrons. The lowest BCUT2D eigenvalue weighted by molar-refractivity contribution is -0.144. The first-order valence-electron chi connectivity index (χ1n) is 10.0. The van der Waals surface area contributed by atoms with Crippen molar-refractivity contribution < 1.29 is 28.9 Å². The molecular weight excluding hydrogens is 440 g/mol. The van der Waals surface area contributed by atoms with E-state index in [9.17, 15) is 9.59 Å². The van der Waals surface area contributed by atoms with E-state index in [0.717, 1.165) is 44.8 Å². The molecule has 3 rings (SSSR count). The van der Waals surface area contributed by atoms with Crippen LogP contribution < -0.4 is 9.47 Å². The zero-order valence-electron chi connectivity index (χ0n) is 17.5. The molecule has 2 heterocycles. The number of carboxylic acid groups (broad SMARTS) is 1. The van der Waals surface area contributed by atoms with Crippen LogP contribution in [0.15, 0.2) is 23.1 Å². The lowest BCUT2D eigenvalue weighted by Crippen LogP contribution is -2.38. The predicted molar refractivity (Wildman–Crippen MR) is 122 cm³/mol. The van der Waals surface area contributed by atoms with Crippen LogP contribution in [0.4, 0.5) is 0 Å². The van der Waals surface area contributed by atoms with Crippen molar-refractivity contribution in [3.63, 3.8) is 0 Å². The Kier molecular flexibility index (Phi) is 8.30. The second kappa shape index (κ2) is 10.9. The molecular formula is C21H26N2O6S2. The fourth-order valence-electron chi connectivity index (χ4n) is 3.23. The van der Waals surface area contributed by atoms with E-state index >= 15 is 0 Å². The average molecular weight is 467 g/mol. The molecule has 0 bridgehead atoms. The van der Waals surface area contributed by atoms with Gasteiger partial charge in [0, 0.05) is 26.2 Å².